The lowest BCUT2D eigenvalue weighted by molar-refractivity contribution is 0.415. The van der Waals surface area contributed by atoms with Crippen LogP contribution in [-0.4, -0.2) is 12.1 Å². The molecule has 4 heteroatoms. The maximum atomic E-state index is 5.89. The first-order chi connectivity index (χ1) is 10.2. The highest BCUT2D eigenvalue weighted by atomic mass is 16.5. The molecule has 0 radical (unpaired) electrons. The SMILES string of the molecule is COc1cc(N)cc(Nc2cccc3ccc(C)nc23)c1. The number of nitrogens with one attached hydrogen (secondary N) is 1. The fourth-order valence-electron chi connectivity index (χ4n) is 2.31. The summed E-state index contributed by atoms with van der Waals surface area (Å²) in [6.45, 7) is 1.99. The third kappa shape index (κ3) is 2.74. The van der Waals surface area contributed by atoms with E-state index in [0.29, 0.717) is 5.69 Å². The van der Waals surface area contributed by atoms with E-state index in [1.165, 1.54) is 0 Å². The maximum absolute atomic E-state index is 5.89. The average Bonchev–Trinajstić information content (AvgIpc) is 2.47. The summed E-state index contributed by atoms with van der Waals surface area (Å²) in [4.78, 5) is 4.61. The Balaban J connectivity index is 2.05. The largest absolute Gasteiger partial charge is 0.497 e. The van der Waals surface area contributed by atoms with Gasteiger partial charge >= 0.3 is 0 Å². The summed E-state index contributed by atoms with van der Waals surface area (Å²) in [7, 11) is 1.63. The van der Waals surface area contributed by atoms with Gasteiger partial charge in [0.15, 0.2) is 0 Å². The van der Waals surface area contributed by atoms with Crippen molar-refractivity contribution in [3.05, 3.63) is 54.2 Å². The predicted molar refractivity (Wildman–Crippen MR) is 87.2 cm³/mol. The first-order valence-electron chi connectivity index (χ1n) is 6.74. The van der Waals surface area contributed by atoms with Crippen molar-refractivity contribution < 1.29 is 4.74 Å². The number of hydrogen-bond donors (Lipinski definition) is 2. The van der Waals surface area contributed by atoms with Crippen LogP contribution in [0.15, 0.2) is 48.5 Å². The van der Waals surface area contributed by atoms with Crippen LogP contribution in [0.2, 0.25) is 0 Å². The van der Waals surface area contributed by atoms with E-state index in [0.717, 1.165) is 33.7 Å². The fourth-order valence-corrected chi connectivity index (χ4v) is 2.31. The molecule has 3 rings (SSSR count). The Kier molecular flexibility index (Phi) is 3.36. The second kappa shape index (κ2) is 5.32. The molecule has 0 bridgehead atoms. The highest BCUT2D eigenvalue weighted by Gasteiger charge is 2.05. The zero-order chi connectivity index (χ0) is 14.8. The standard InChI is InChI=1S/C17H17N3O/c1-11-6-7-12-4-3-5-16(17(12)19-11)20-14-8-13(18)9-15(10-14)21-2/h3-10,20H,18H2,1-2H3. The molecule has 2 aromatic carbocycles. The number of nitrogen functional groups attached to an aromatic ring is 1. The molecule has 0 spiro atoms. The Morgan fingerprint density at radius 3 is 2.76 bits per heavy atom. The lowest BCUT2D eigenvalue weighted by Crippen LogP contribution is -1.96. The molecule has 0 atom stereocenters. The molecule has 1 aromatic heterocycles. The minimum atomic E-state index is 0.654. The predicted octanol–water partition coefficient (Wildman–Crippen LogP) is 3.88. The molecule has 0 aliphatic heterocycles. The second-order valence-electron chi connectivity index (χ2n) is 4.95. The van der Waals surface area contributed by atoms with E-state index in [4.69, 9.17) is 10.5 Å². The number of ether oxygens (including phenoxy) is 1. The van der Waals surface area contributed by atoms with E-state index in [-0.39, 0.29) is 0 Å². The molecule has 0 unspecified atom stereocenters. The van der Waals surface area contributed by atoms with Crippen LogP contribution < -0.4 is 15.8 Å². The van der Waals surface area contributed by atoms with Gasteiger partial charge in [0, 0.05) is 34.6 Å². The Morgan fingerprint density at radius 1 is 1.10 bits per heavy atom. The van der Waals surface area contributed by atoms with E-state index in [1.54, 1.807) is 13.2 Å². The minimum absolute atomic E-state index is 0.654. The van der Waals surface area contributed by atoms with Crippen molar-refractivity contribution in [2.45, 2.75) is 6.92 Å². The Morgan fingerprint density at radius 2 is 1.95 bits per heavy atom. The number of anilines is 3. The summed E-state index contributed by atoms with van der Waals surface area (Å²) in [6, 6.07) is 15.7. The number of aromatic nitrogens is 1. The van der Waals surface area contributed by atoms with Gasteiger partial charge < -0.3 is 15.8 Å². The Hall–Kier alpha value is -2.75. The average molecular weight is 279 g/mol. The van der Waals surface area contributed by atoms with Gasteiger partial charge in [0.25, 0.3) is 0 Å². The molecule has 4 nitrogen and oxygen atoms in total. The molecule has 0 aliphatic carbocycles. The highest BCUT2D eigenvalue weighted by Crippen LogP contribution is 2.28. The van der Waals surface area contributed by atoms with E-state index in [9.17, 15) is 0 Å². The molecule has 0 fully saturated rings. The summed E-state index contributed by atoms with van der Waals surface area (Å²) in [6.07, 6.45) is 0. The van der Waals surface area contributed by atoms with E-state index in [1.807, 2.05) is 43.3 Å². The van der Waals surface area contributed by atoms with Gasteiger partial charge in [-0.1, -0.05) is 18.2 Å². The van der Waals surface area contributed by atoms with Crippen molar-refractivity contribution in [1.29, 1.82) is 0 Å². The molecule has 21 heavy (non-hydrogen) atoms. The molecule has 106 valence electrons. The number of aryl methyl sites for hydroxylation is 1. The van der Waals surface area contributed by atoms with Crippen LogP contribution in [0.5, 0.6) is 5.75 Å². The molecule has 0 amide bonds. The van der Waals surface area contributed by atoms with E-state index in [2.05, 4.69) is 16.4 Å². The van der Waals surface area contributed by atoms with Crippen LogP contribution >= 0.6 is 0 Å². The summed E-state index contributed by atoms with van der Waals surface area (Å²) in [5, 5.41) is 4.47. The minimum Gasteiger partial charge on any atom is -0.497 e. The van der Waals surface area contributed by atoms with Gasteiger partial charge in [0.1, 0.15) is 5.75 Å². The lowest BCUT2D eigenvalue weighted by atomic mass is 10.1. The number of nitrogens with zero attached hydrogens (tertiary/aromatic N) is 1. The molecule has 3 N–H and O–H groups in total. The third-order valence-electron chi connectivity index (χ3n) is 3.30. The summed E-state index contributed by atoms with van der Waals surface area (Å²) in [5.74, 6) is 0.724. The van der Waals surface area contributed by atoms with Gasteiger partial charge in [0.05, 0.1) is 18.3 Å². The zero-order valence-electron chi connectivity index (χ0n) is 12.1. The Bertz CT molecular complexity index is 799. The van der Waals surface area contributed by atoms with Crippen molar-refractivity contribution in [1.82, 2.24) is 4.98 Å². The topological polar surface area (TPSA) is 60.2 Å². The molecule has 3 aromatic rings. The number of pyridine rings is 1. The monoisotopic (exact) mass is 279 g/mol. The number of rotatable bonds is 3. The summed E-state index contributed by atoms with van der Waals surface area (Å²) >= 11 is 0. The van der Waals surface area contributed by atoms with Crippen molar-refractivity contribution in [3.8, 4) is 5.75 Å². The molecular formula is C17H17N3O. The van der Waals surface area contributed by atoms with Crippen molar-refractivity contribution in [3.63, 3.8) is 0 Å². The lowest BCUT2D eigenvalue weighted by Gasteiger charge is -2.11. The first kappa shape index (κ1) is 13.2. The quantitative estimate of drug-likeness (QED) is 0.714. The zero-order valence-corrected chi connectivity index (χ0v) is 12.1. The normalized spacial score (nSPS) is 10.6. The third-order valence-corrected chi connectivity index (χ3v) is 3.30. The van der Waals surface area contributed by atoms with E-state index >= 15 is 0 Å². The number of benzene rings is 2. The number of para-hydroxylation sites is 1. The van der Waals surface area contributed by atoms with Gasteiger partial charge in [0.2, 0.25) is 0 Å². The smallest absolute Gasteiger partial charge is 0.122 e. The summed E-state index contributed by atoms with van der Waals surface area (Å²) < 4.78 is 5.24. The maximum Gasteiger partial charge on any atom is 0.122 e. The first-order valence-corrected chi connectivity index (χ1v) is 6.74. The molecule has 0 saturated carbocycles. The number of methoxy groups -OCH3 is 1. The molecular weight excluding hydrogens is 262 g/mol. The van der Waals surface area contributed by atoms with Gasteiger partial charge in [-0.25, -0.2) is 0 Å². The highest BCUT2D eigenvalue weighted by molar-refractivity contribution is 5.92. The van der Waals surface area contributed by atoms with Crippen molar-refractivity contribution >= 4 is 28.0 Å². The van der Waals surface area contributed by atoms with Crippen LogP contribution in [0.25, 0.3) is 10.9 Å². The van der Waals surface area contributed by atoms with Crippen LogP contribution in [0, 0.1) is 6.92 Å². The number of nitrogens with two attached hydrogens (primary N) is 1. The van der Waals surface area contributed by atoms with Crippen LogP contribution in [-0.2, 0) is 0 Å². The molecule has 0 saturated heterocycles. The van der Waals surface area contributed by atoms with E-state index < -0.39 is 0 Å². The van der Waals surface area contributed by atoms with Crippen LogP contribution in [0.3, 0.4) is 0 Å². The van der Waals surface area contributed by atoms with Gasteiger partial charge in [-0.2, -0.15) is 0 Å². The fraction of sp³-hybridized carbons (Fsp3) is 0.118. The van der Waals surface area contributed by atoms with Crippen molar-refractivity contribution in [2.75, 3.05) is 18.2 Å². The van der Waals surface area contributed by atoms with Gasteiger partial charge in [-0.05, 0) is 25.1 Å². The van der Waals surface area contributed by atoms with Crippen LogP contribution in [0.1, 0.15) is 5.69 Å². The summed E-state index contributed by atoms with van der Waals surface area (Å²) in [5.41, 5.74) is 10.3. The number of fused-ring (bicyclic) bond motifs is 1. The number of hydrogen-bond acceptors (Lipinski definition) is 4. The second-order valence-corrected chi connectivity index (χ2v) is 4.95. The van der Waals surface area contributed by atoms with Crippen molar-refractivity contribution in [2.24, 2.45) is 0 Å². The molecule has 0 aliphatic rings. The van der Waals surface area contributed by atoms with Gasteiger partial charge in [-0.3, -0.25) is 4.98 Å². The van der Waals surface area contributed by atoms with Crippen LogP contribution in [0.4, 0.5) is 17.1 Å². The Labute approximate surface area is 123 Å². The molecule has 1 heterocycles. The van der Waals surface area contributed by atoms with Gasteiger partial charge in [-0.15, -0.1) is 0 Å².